The van der Waals surface area contributed by atoms with Crippen molar-refractivity contribution in [3.05, 3.63) is 35.6 Å². The van der Waals surface area contributed by atoms with Crippen molar-refractivity contribution in [3.8, 4) is 0 Å². The quantitative estimate of drug-likeness (QED) is 0.933. The minimum absolute atomic E-state index is 0.627. The van der Waals surface area contributed by atoms with E-state index in [1.807, 2.05) is 12.1 Å². The maximum Gasteiger partial charge on any atom is 0.134 e. The molecule has 0 aliphatic carbocycles. The number of likely N-dealkylation sites (tertiary alicyclic amines) is 1. The fourth-order valence-electron chi connectivity index (χ4n) is 3.32. The van der Waals surface area contributed by atoms with Crippen LogP contribution in [0.3, 0.4) is 0 Å². The fourth-order valence-corrected chi connectivity index (χ4v) is 3.32. The lowest BCUT2D eigenvalue weighted by Gasteiger charge is -2.36. The van der Waals surface area contributed by atoms with E-state index in [-0.39, 0.29) is 0 Å². The number of fused-ring (bicyclic) bond motifs is 1. The number of hydrogen-bond donors (Lipinski definition) is 1. The minimum atomic E-state index is 0.627. The van der Waals surface area contributed by atoms with Gasteiger partial charge in [0.2, 0.25) is 0 Å². The van der Waals surface area contributed by atoms with Gasteiger partial charge in [0.1, 0.15) is 11.3 Å². The van der Waals surface area contributed by atoms with Gasteiger partial charge in [-0.3, -0.25) is 4.90 Å². The number of furan rings is 1. The summed E-state index contributed by atoms with van der Waals surface area (Å²) in [5, 5.41) is 1.26. The first kappa shape index (κ1) is 13.7. The second-order valence-corrected chi connectivity index (χ2v) is 6.13. The van der Waals surface area contributed by atoms with Gasteiger partial charge in [-0.15, -0.1) is 0 Å². The topological polar surface area (TPSA) is 42.4 Å². The number of para-hydroxylation sites is 1. The Morgan fingerprint density at radius 3 is 2.95 bits per heavy atom. The van der Waals surface area contributed by atoms with Gasteiger partial charge in [0.05, 0.1) is 0 Å². The van der Waals surface area contributed by atoms with E-state index in [4.69, 9.17) is 10.2 Å². The first-order chi connectivity index (χ1) is 9.69. The van der Waals surface area contributed by atoms with E-state index in [1.165, 1.54) is 17.4 Å². The van der Waals surface area contributed by atoms with Crippen molar-refractivity contribution < 1.29 is 4.42 Å². The van der Waals surface area contributed by atoms with Gasteiger partial charge in [-0.25, -0.2) is 0 Å². The summed E-state index contributed by atoms with van der Waals surface area (Å²) in [7, 11) is 0. The van der Waals surface area contributed by atoms with Gasteiger partial charge >= 0.3 is 0 Å². The molecule has 1 aliphatic rings. The molecule has 1 aliphatic heterocycles. The Kier molecular flexibility index (Phi) is 3.81. The van der Waals surface area contributed by atoms with Crippen LogP contribution in [-0.2, 0) is 6.54 Å². The van der Waals surface area contributed by atoms with Crippen molar-refractivity contribution in [1.29, 1.82) is 0 Å². The maximum atomic E-state index is 5.90. The molecule has 0 spiro atoms. The maximum absolute atomic E-state index is 5.90. The molecule has 2 N–H and O–H groups in total. The zero-order chi connectivity index (χ0) is 14.1. The van der Waals surface area contributed by atoms with Gasteiger partial charge < -0.3 is 10.2 Å². The lowest BCUT2D eigenvalue weighted by Crippen LogP contribution is -2.42. The molecule has 2 aromatic rings. The molecule has 108 valence electrons. The molecule has 2 atom stereocenters. The van der Waals surface area contributed by atoms with Crippen molar-refractivity contribution in [2.45, 2.75) is 26.8 Å². The number of nitrogens with zero attached hydrogens (tertiary/aromatic N) is 1. The molecule has 2 unspecified atom stereocenters. The largest absolute Gasteiger partial charge is 0.461 e. The Bertz CT molecular complexity index is 590. The Hall–Kier alpha value is -1.32. The van der Waals surface area contributed by atoms with Gasteiger partial charge in [-0.2, -0.15) is 0 Å². The molecular formula is C17H24N2O. The zero-order valence-electron chi connectivity index (χ0n) is 12.4. The van der Waals surface area contributed by atoms with Crippen molar-refractivity contribution in [3.63, 3.8) is 0 Å². The third kappa shape index (κ3) is 2.48. The van der Waals surface area contributed by atoms with Gasteiger partial charge in [0.25, 0.3) is 0 Å². The van der Waals surface area contributed by atoms with Crippen molar-refractivity contribution >= 4 is 11.0 Å². The summed E-state index contributed by atoms with van der Waals surface area (Å²) in [6.45, 7) is 8.44. The monoisotopic (exact) mass is 272 g/mol. The summed E-state index contributed by atoms with van der Waals surface area (Å²) >= 11 is 0. The second kappa shape index (κ2) is 5.58. The standard InChI is InChI=1S/C17H24N2O/c1-12-7-8-19(10-14(12)9-18)11-16-13(2)20-17-6-4-3-5-15(16)17/h3-6,12,14H,7-11,18H2,1-2H3. The van der Waals surface area contributed by atoms with E-state index < -0.39 is 0 Å². The average molecular weight is 272 g/mol. The Morgan fingerprint density at radius 2 is 2.15 bits per heavy atom. The second-order valence-electron chi connectivity index (χ2n) is 6.13. The molecule has 1 saturated heterocycles. The molecule has 1 aromatic carbocycles. The number of benzene rings is 1. The van der Waals surface area contributed by atoms with Crippen LogP contribution in [0.4, 0.5) is 0 Å². The van der Waals surface area contributed by atoms with Crippen molar-refractivity contribution in [2.24, 2.45) is 17.6 Å². The van der Waals surface area contributed by atoms with E-state index in [0.29, 0.717) is 5.92 Å². The molecule has 3 nitrogen and oxygen atoms in total. The molecule has 0 saturated carbocycles. The summed E-state index contributed by atoms with van der Waals surface area (Å²) in [6.07, 6.45) is 1.25. The third-order valence-electron chi connectivity index (χ3n) is 4.78. The van der Waals surface area contributed by atoms with Gasteiger partial charge in [0.15, 0.2) is 0 Å². The van der Waals surface area contributed by atoms with Crippen LogP contribution >= 0.6 is 0 Å². The highest BCUT2D eigenvalue weighted by atomic mass is 16.3. The number of piperidine rings is 1. The summed E-state index contributed by atoms with van der Waals surface area (Å²) in [5.74, 6) is 2.43. The predicted molar refractivity (Wildman–Crippen MR) is 82.6 cm³/mol. The number of aryl methyl sites for hydroxylation is 1. The molecule has 2 heterocycles. The fraction of sp³-hybridized carbons (Fsp3) is 0.529. The molecule has 0 bridgehead atoms. The summed E-state index contributed by atoms with van der Waals surface area (Å²) in [4.78, 5) is 2.53. The van der Waals surface area contributed by atoms with E-state index in [9.17, 15) is 0 Å². The van der Waals surface area contributed by atoms with E-state index >= 15 is 0 Å². The highest BCUT2D eigenvalue weighted by Gasteiger charge is 2.26. The lowest BCUT2D eigenvalue weighted by molar-refractivity contribution is 0.126. The van der Waals surface area contributed by atoms with Crippen LogP contribution in [0.5, 0.6) is 0 Å². The molecule has 0 amide bonds. The summed E-state index contributed by atoms with van der Waals surface area (Å²) in [6, 6.07) is 8.32. The van der Waals surface area contributed by atoms with Crippen LogP contribution in [-0.4, -0.2) is 24.5 Å². The average Bonchev–Trinajstić information content (AvgIpc) is 2.77. The summed E-state index contributed by atoms with van der Waals surface area (Å²) in [5.41, 5.74) is 8.24. The van der Waals surface area contributed by atoms with Crippen LogP contribution < -0.4 is 5.73 Å². The SMILES string of the molecule is Cc1oc2ccccc2c1CN1CCC(C)C(CN)C1. The number of nitrogens with two attached hydrogens (primary N) is 1. The van der Waals surface area contributed by atoms with Gasteiger partial charge in [0, 0.05) is 24.0 Å². The van der Waals surface area contributed by atoms with Crippen LogP contribution in [0, 0.1) is 18.8 Å². The zero-order valence-corrected chi connectivity index (χ0v) is 12.4. The lowest BCUT2D eigenvalue weighted by atomic mass is 9.87. The van der Waals surface area contributed by atoms with E-state index in [0.717, 1.165) is 43.4 Å². The number of rotatable bonds is 3. The molecule has 1 aromatic heterocycles. The Labute approximate surface area is 120 Å². The van der Waals surface area contributed by atoms with Crippen LogP contribution in [0.1, 0.15) is 24.7 Å². The predicted octanol–water partition coefficient (Wildman–Crippen LogP) is 3.16. The van der Waals surface area contributed by atoms with Gasteiger partial charge in [-0.05, 0) is 44.3 Å². The molecule has 20 heavy (non-hydrogen) atoms. The first-order valence-electron chi connectivity index (χ1n) is 7.58. The molecular weight excluding hydrogens is 248 g/mol. The van der Waals surface area contributed by atoms with Crippen molar-refractivity contribution in [1.82, 2.24) is 4.90 Å². The molecule has 0 radical (unpaired) electrons. The molecule has 3 rings (SSSR count). The first-order valence-corrected chi connectivity index (χ1v) is 7.58. The van der Waals surface area contributed by atoms with Crippen LogP contribution in [0.2, 0.25) is 0 Å². The normalized spacial score (nSPS) is 24.4. The third-order valence-corrected chi connectivity index (χ3v) is 4.78. The summed E-state index contributed by atoms with van der Waals surface area (Å²) < 4.78 is 5.86. The minimum Gasteiger partial charge on any atom is -0.461 e. The number of hydrogen-bond acceptors (Lipinski definition) is 3. The Balaban J connectivity index is 1.81. The van der Waals surface area contributed by atoms with Crippen molar-refractivity contribution in [2.75, 3.05) is 19.6 Å². The smallest absolute Gasteiger partial charge is 0.134 e. The van der Waals surface area contributed by atoms with E-state index in [1.54, 1.807) is 0 Å². The highest BCUT2D eigenvalue weighted by molar-refractivity contribution is 5.82. The van der Waals surface area contributed by atoms with Gasteiger partial charge in [-0.1, -0.05) is 25.1 Å². The Morgan fingerprint density at radius 1 is 1.35 bits per heavy atom. The molecule has 1 fully saturated rings. The highest BCUT2D eigenvalue weighted by Crippen LogP contribution is 2.29. The van der Waals surface area contributed by atoms with E-state index in [2.05, 4.69) is 30.9 Å². The van der Waals surface area contributed by atoms with Crippen LogP contribution in [0.15, 0.2) is 28.7 Å². The molecule has 3 heteroatoms. The van der Waals surface area contributed by atoms with Crippen LogP contribution in [0.25, 0.3) is 11.0 Å².